The maximum Gasteiger partial charge on any atom is 0.0695 e. The number of benzene rings is 2. The summed E-state index contributed by atoms with van der Waals surface area (Å²) in [6.07, 6.45) is 0. The van der Waals surface area contributed by atoms with Gasteiger partial charge in [-0.05, 0) is 25.1 Å². The Kier molecular flexibility index (Phi) is 2.41. The molecule has 1 aromatic heterocycles. The van der Waals surface area contributed by atoms with Crippen LogP contribution < -0.4 is 0 Å². The Morgan fingerprint density at radius 1 is 0.882 bits per heavy atom. The summed E-state index contributed by atoms with van der Waals surface area (Å²) in [5, 5.41) is 1.94. The first-order chi connectivity index (χ1) is 8.29. The highest BCUT2D eigenvalue weighted by molar-refractivity contribution is 6.36. The van der Waals surface area contributed by atoms with Crippen molar-refractivity contribution >= 4 is 22.5 Å². The summed E-state index contributed by atoms with van der Waals surface area (Å²) in [5.41, 5.74) is 3.38. The van der Waals surface area contributed by atoms with E-state index in [0.717, 1.165) is 27.3 Å². The number of hydrogen-bond acceptors (Lipinski definition) is 0. The molecule has 2 aromatic carbocycles. The summed E-state index contributed by atoms with van der Waals surface area (Å²) in [5.74, 6) is 0. The van der Waals surface area contributed by atoms with Gasteiger partial charge in [0.1, 0.15) is 0 Å². The van der Waals surface area contributed by atoms with Gasteiger partial charge in [-0.1, -0.05) is 48.0 Å². The zero-order valence-electron chi connectivity index (χ0n) is 9.52. The number of fused-ring (bicyclic) bond motifs is 1. The van der Waals surface area contributed by atoms with E-state index in [4.69, 9.17) is 11.6 Å². The second kappa shape index (κ2) is 3.94. The van der Waals surface area contributed by atoms with Crippen molar-refractivity contribution in [3.8, 4) is 5.69 Å². The van der Waals surface area contributed by atoms with Crippen LogP contribution in [0.25, 0.3) is 16.6 Å². The van der Waals surface area contributed by atoms with Gasteiger partial charge in [0.05, 0.1) is 10.5 Å². The Hall–Kier alpha value is -1.73. The summed E-state index contributed by atoms with van der Waals surface area (Å²) in [7, 11) is 0. The van der Waals surface area contributed by atoms with Crippen LogP contribution in [0.1, 0.15) is 5.69 Å². The number of rotatable bonds is 1. The third-order valence-corrected chi connectivity index (χ3v) is 3.53. The highest BCUT2D eigenvalue weighted by Crippen LogP contribution is 2.32. The third kappa shape index (κ3) is 1.55. The lowest BCUT2D eigenvalue weighted by molar-refractivity contribution is 1.05. The van der Waals surface area contributed by atoms with Gasteiger partial charge in [-0.3, -0.25) is 0 Å². The van der Waals surface area contributed by atoms with E-state index in [1.807, 2.05) is 30.3 Å². The minimum Gasteiger partial charge on any atom is -0.312 e. The molecule has 0 saturated carbocycles. The molecule has 2 heteroatoms. The standard InChI is InChI=1S/C15H12ClN/c1-11-15(16)13-9-5-6-10-14(13)17(11)12-7-3-2-4-8-12/h2-10H,1H3. The van der Waals surface area contributed by atoms with E-state index >= 15 is 0 Å². The van der Waals surface area contributed by atoms with Gasteiger partial charge in [-0.15, -0.1) is 0 Å². The molecule has 0 saturated heterocycles. The second-order valence-corrected chi connectivity index (χ2v) is 4.47. The largest absolute Gasteiger partial charge is 0.312 e. The van der Waals surface area contributed by atoms with Crippen LogP contribution in [0.5, 0.6) is 0 Å². The van der Waals surface area contributed by atoms with Crippen LogP contribution in [-0.2, 0) is 0 Å². The van der Waals surface area contributed by atoms with Crippen LogP contribution in [0.4, 0.5) is 0 Å². The molecule has 17 heavy (non-hydrogen) atoms. The lowest BCUT2D eigenvalue weighted by Gasteiger charge is -2.07. The molecule has 0 radical (unpaired) electrons. The van der Waals surface area contributed by atoms with Gasteiger partial charge in [-0.25, -0.2) is 0 Å². The van der Waals surface area contributed by atoms with Gasteiger partial charge in [-0.2, -0.15) is 0 Å². The first-order valence-corrected chi connectivity index (χ1v) is 5.98. The predicted octanol–water partition coefficient (Wildman–Crippen LogP) is 4.59. The van der Waals surface area contributed by atoms with Crippen LogP contribution in [0, 0.1) is 6.92 Å². The number of para-hydroxylation sites is 2. The first kappa shape index (κ1) is 10.4. The van der Waals surface area contributed by atoms with E-state index in [0.29, 0.717) is 0 Å². The maximum atomic E-state index is 6.38. The van der Waals surface area contributed by atoms with Crippen molar-refractivity contribution in [1.82, 2.24) is 4.57 Å². The summed E-state index contributed by atoms with van der Waals surface area (Å²) in [4.78, 5) is 0. The number of hydrogen-bond donors (Lipinski definition) is 0. The highest BCUT2D eigenvalue weighted by atomic mass is 35.5. The van der Waals surface area contributed by atoms with Crippen molar-refractivity contribution in [3.63, 3.8) is 0 Å². The molecule has 3 aromatic rings. The minimum atomic E-state index is 0.837. The van der Waals surface area contributed by atoms with E-state index in [9.17, 15) is 0 Å². The normalized spacial score (nSPS) is 10.9. The molecule has 0 spiro atoms. The van der Waals surface area contributed by atoms with Crippen molar-refractivity contribution in [2.24, 2.45) is 0 Å². The zero-order valence-corrected chi connectivity index (χ0v) is 10.3. The Bertz CT molecular complexity index is 668. The second-order valence-electron chi connectivity index (χ2n) is 4.09. The van der Waals surface area contributed by atoms with Gasteiger partial charge in [0.2, 0.25) is 0 Å². The van der Waals surface area contributed by atoms with Crippen LogP contribution in [-0.4, -0.2) is 4.57 Å². The van der Waals surface area contributed by atoms with Crippen LogP contribution >= 0.6 is 11.6 Å². The predicted molar refractivity (Wildman–Crippen MR) is 73.0 cm³/mol. The molecule has 1 heterocycles. The molecule has 3 rings (SSSR count). The first-order valence-electron chi connectivity index (χ1n) is 5.60. The monoisotopic (exact) mass is 241 g/mol. The van der Waals surface area contributed by atoms with Crippen molar-refractivity contribution in [1.29, 1.82) is 0 Å². The highest BCUT2D eigenvalue weighted by Gasteiger charge is 2.12. The lowest BCUT2D eigenvalue weighted by atomic mass is 10.2. The average Bonchev–Trinajstić information content (AvgIpc) is 2.64. The van der Waals surface area contributed by atoms with Gasteiger partial charge in [0.25, 0.3) is 0 Å². The number of aromatic nitrogens is 1. The van der Waals surface area contributed by atoms with Gasteiger partial charge >= 0.3 is 0 Å². The fraction of sp³-hybridized carbons (Fsp3) is 0.0667. The SMILES string of the molecule is Cc1c(Cl)c2ccccc2n1-c1ccccc1. The zero-order chi connectivity index (χ0) is 11.8. The molecule has 0 unspecified atom stereocenters. The molecule has 1 nitrogen and oxygen atoms in total. The summed E-state index contributed by atoms with van der Waals surface area (Å²) >= 11 is 6.38. The topological polar surface area (TPSA) is 4.93 Å². The van der Waals surface area contributed by atoms with Crippen LogP contribution in [0.2, 0.25) is 5.02 Å². The molecule has 0 fully saturated rings. The third-order valence-electron chi connectivity index (χ3n) is 3.05. The van der Waals surface area contributed by atoms with E-state index in [1.165, 1.54) is 0 Å². The van der Waals surface area contributed by atoms with Crippen LogP contribution in [0.15, 0.2) is 54.6 Å². The maximum absolute atomic E-state index is 6.38. The molecule has 84 valence electrons. The Morgan fingerprint density at radius 2 is 1.53 bits per heavy atom. The van der Waals surface area contributed by atoms with E-state index in [1.54, 1.807) is 0 Å². The van der Waals surface area contributed by atoms with E-state index in [-0.39, 0.29) is 0 Å². The molecule has 0 bridgehead atoms. The molecule has 0 aliphatic carbocycles. The average molecular weight is 242 g/mol. The number of halogens is 1. The Balaban J connectivity index is 2.41. The minimum absolute atomic E-state index is 0.837. The fourth-order valence-corrected chi connectivity index (χ4v) is 2.48. The van der Waals surface area contributed by atoms with Gasteiger partial charge in [0, 0.05) is 16.8 Å². The Labute approximate surface area is 105 Å². The van der Waals surface area contributed by atoms with Crippen LogP contribution in [0.3, 0.4) is 0 Å². The smallest absolute Gasteiger partial charge is 0.0695 e. The molecule has 0 N–H and O–H groups in total. The van der Waals surface area contributed by atoms with E-state index in [2.05, 4.69) is 35.8 Å². The quantitative estimate of drug-likeness (QED) is 0.587. The van der Waals surface area contributed by atoms with Crippen molar-refractivity contribution < 1.29 is 0 Å². The molecular formula is C15H12ClN. The molecular weight excluding hydrogens is 230 g/mol. The van der Waals surface area contributed by atoms with Gasteiger partial charge < -0.3 is 4.57 Å². The Morgan fingerprint density at radius 3 is 2.29 bits per heavy atom. The van der Waals surface area contributed by atoms with Crippen molar-refractivity contribution in [2.45, 2.75) is 6.92 Å². The van der Waals surface area contributed by atoms with Gasteiger partial charge in [0.15, 0.2) is 0 Å². The van der Waals surface area contributed by atoms with E-state index < -0.39 is 0 Å². The summed E-state index contributed by atoms with van der Waals surface area (Å²) < 4.78 is 2.19. The number of nitrogens with zero attached hydrogens (tertiary/aromatic N) is 1. The van der Waals surface area contributed by atoms with Crippen molar-refractivity contribution in [3.05, 3.63) is 65.3 Å². The summed E-state index contributed by atoms with van der Waals surface area (Å²) in [6, 6.07) is 18.5. The molecule has 0 atom stereocenters. The molecule has 0 amide bonds. The van der Waals surface area contributed by atoms with Crippen molar-refractivity contribution in [2.75, 3.05) is 0 Å². The molecule has 0 aliphatic heterocycles. The summed E-state index contributed by atoms with van der Waals surface area (Å²) in [6.45, 7) is 2.05. The lowest BCUT2D eigenvalue weighted by Crippen LogP contribution is -1.95. The molecule has 0 aliphatic rings. The fourth-order valence-electron chi connectivity index (χ4n) is 2.24.